The number of halogens is 4. The van der Waals surface area contributed by atoms with Crippen LogP contribution in [0.3, 0.4) is 0 Å². The third kappa shape index (κ3) is 4.99. The van der Waals surface area contributed by atoms with Crippen LogP contribution in [0.25, 0.3) is 0 Å². The molecule has 0 bridgehead atoms. The Labute approximate surface area is 172 Å². The van der Waals surface area contributed by atoms with Crippen molar-refractivity contribution < 1.29 is 4.74 Å². The molecule has 6 heteroatoms. The summed E-state index contributed by atoms with van der Waals surface area (Å²) >= 11 is 24.3. The Balaban J connectivity index is 1.63. The van der Waals surface area contributed by atoms with Gasteiger partial charge in [0, 0.05) is 27.8 Å². The van der Waals surface area contributed by atoms with Crippen molar-refractivity contribution in [2.45, 2.75) is 13.2 Å². The van der Waals surface area contributed by atoms with Crippen LogP contribution in [0.2, 0.25) is 20.1 Å². The van der Waals surface area contributed by atoms with Crippen LogP contribution in [0.15, 0.2) is 60.7 Å². The van der Waals surface area contributed by atoms with E-state index in [1.807, 2.05) is 36.4 Å². The summed E-state index contributed by atoms with van der Waals surface area (Å²) in [5.74, 6) is 0.745. The number of nitrogens with one attached hydrogen (secondary N) is 1. The maximum atomic E-state index is 6.17. The number of anilines is 1. The second kappa shape index (κ2) is 8.88. The molecule has 3 aromatic carbocycles. The van der Waals surface area contributed by atoms with Crippen molar-refractivity contribution in [1.82, 2.24) is 0 Å². The maximum Gasteiger partial charge on any atom is 0.120 e. The zero-order valence-corrected chi connectivity index (χ0v) is 16.6. The summed E-state index contributed by atoms with van der Waals surface area (Å²) in [6.07, 6.45) is 0. The van der Waals surface area contributed by atoms with Gasteiger partial charge in [-0.3, -0.25) is 0 Å². The molecule has 0 saturated carbocycles. The van der Waals surface area contributed by atoms with E-state index in [0.29, 0.717) is 33.2 Å². The molecule has 0 fully saturated rings. The van der Waals surface area contributed by atoms with Gasteiger partial charge in [-0.2, -0.15) is 0 Å². The number of rotatable bonds is 6. The van der Waals surface area contributed by atoms with Crippen molar-refractivity contribution in [3.63, 3.8) is 0 Å². The van der Waals surface area contributed by atoms with E-state index in [9.17, 15) is 0 Å². The van der Waals surface area contributed by atoms with E-state index in [2.05, 4.69) is 5.32 Å². The first-order chi connectivity index (χ1) is 12.5. The zero-order valence-electron chi connectivity index (χ0n) is 13.6. The molecule has 0 aromatic heterocycles. The SMILES string of the molecule is Clc1ccc(NCc2cccc(OCc3c(Cl)cccc3Cl)c2)cc1Cl. The van der Waals surface area contributed by atoms with Crippen molar-refractivity contribution >= 4 is 52.1 Å². The highest BCUT2D eigenvalue weighted by molar-refractivity contribution is 6.42. The Hall–Kier alpha value is -1.58. The molecule has 0 aliphatic carbocycles. The molecule has 0 amide bonds. The fourth-order valence-corrected chi connectivity index (χ4v) is 3.19. The summed E-state index contributed by atoms with van der Waals surface area (Å²) in [4.78, 5) is 0. The highest BCUT2D eigenvalue weighted by Crippen LogP contribution is 2.27. The number of benzene rings is 3. The predicted molar refractivity (Wildman–Crippen MR) is 111 cm³/mol. The van der Waals surface area contributed by atoms with Crippen molar-refractivity contribution in [2.75, 3.05) is 5.32 Å². The van der Waals surface area contributed by atoms with Crippen LogP contribution < -0.4 is 10.1 Å². The molecule has 1 N–H and O–H groups in total. The summed E-state index contributed by atoms with van der Waals surface area (Å²) in [5, 5.41) is 5.54. The zero-order chi connectivity index (χ0) is 18.5. The Morgan fingerprint density at radius 2 is 1.46 bits per heavy atom. The highest BCUT2D eigenvalue weighted by Gasteiger charge is 2.07. The lowest BCUT2D eigenvalue weighted by Crippen LogP contribution is -2.01. The van der Waals surface area contributed by atoms with Crippen molar-refractivity contribution in [1.29, 1.82) is 0 Å². The minimum Gasteiger partial charge on any atom is -0.489 e. The summed E-state index contributed by atoms with van der Waals surface area (Å²) in [6, 6.07) is 18.7. The average molecular weight is 427 g/mol. The molecule has 3 rings (SSSR count). The van der Waals surface area contributed by atoms with E-state index in [0.717, 1.165) is 22.6 Å². The Morgan fingerprint density at radius 1 is 0.731 bits per heavy atom. The highest BCUT2D eigenvalue weighted by atomic mass is 35.5. The Kier molecular flexibility index (Phi) is 6.55. The van der Waals surface area contributed by atoms with E-state index in [1.165, 1.54) is 0 Å². The first-order valence-corrected chi connectivity index (χ1v) is 9.37. The fourth-order valence-electron chi connectivity index (χ4n) is 2.38. The van der Waals surface area contributed by atoms with Crippen molar-refractivity contribution in [2.24, 2.45) is 0 Å². The topological polar surface area (TPSA) is 21.3 Å². The van der Waals surface area contributed by atoms with Gasteiger partial charge in [0.25, 0.3) is 0 Å². The lowest BCUT2D eigenvalue weighted by molar-refractivity contribution is 0.306. The van der Waals surface area contributed by atoms with Gasteiger partial charge in [-0.15, -0.1) is 0 Å². The van der Waals surface area contributed by atoms with Gasteiger partial charge in [0.1, 0.15) is 12.4 Å². The van der Waals surface area contributed by atoms with Crippen molar-refractivity contribution in [3.05, 3.63) is 91.9 Å². The number of ether oxygens (including phenoxy) is 1. The van der Waals surface area contributed by atoms with Crippen molar-refractivity contribution in [3.8, 4) is 5.75 Å². The van der Waals surface area contributed by atoms with Gasteiger partial charge < -0.3 is 10.1 Å². The number of hydrogen-bond acceptors (Lipinski definition) is 2. The standard InChI is InChI=1S/C20H15Cl4NO/c21-17-5-2-6-18(22)16(17)12-26-15-4-1-3-13(9-15)11-25-14-7-8-19(23)20(24)10-14/h1-10,25H,11-12H2. The predicted octanol–water partition coefficient (Wildman–Crippen LogP) is 7.49. The largest absolute Gasteiger partial charge is 0.489 e. The maximum absolute atomic E-state index is 6.17. The van der Waals surface area contributed by atoms with E-state index >= 15 is 0 Å². The van der Waals surface area contributed by atoms with E-state index in [4.69, 9.17) is 51.1 Å². The first-order valence-electron chi connectivity index (χ1n) is 7.86. The molecule has 0 radical (unpaired) electrons. The molecule has 2 nitrogen and oxygen atoms in total. The lowest BCUT2D eigenvalue weighted by atomic mass is 10.2. The first kappa shape index (κ1) is 19.2. The van der Waals surface area contributed by atoms with Crippen LogP contribution in [0, 0.1) is 0 Å². The summed E-state index contributed by atoms with van der Waals surface area (Å²) in [7, 11) is 0. The smallest absolute Gasteiger partial charge is 0.120 e. The molecule has 134 valence electrons. The molecular weight excluding hydrogens is 412 g/mol. The summed E-state index contributed by atoms with van der Waals surface area (Å²) < 4.78 is 5.85. The average Bonchev–Trinajstić information content (AvgIpc) is 2.63. The molecule has 3 aromatic rings. The molecule has 0 heterocycles. The monoisotopic (exact) mass is 425 g/mol. The van der Waals surface area contributed by atoms with Crippen LogP contribution in [0.5, 0.6) is 5.75 Å². The summed E-state index contributed by atoms with van der Waals surface area (Å²) in [6.45, 7) is 0.935. The van der Waals surface area contributed by atoms with Gasteiger partial charge in [0.2, 0.25) is 0 Å². The fraction of sp³-hybridized carbons (Fsp3) is 0.100. The van der Waals surface area contributed by atoms with Gasteiger partial charge in [-0.25, -0.2) is 0 Å². The van der Waals surface area contributed by atoms with E-state index < -0.39 is 0 Å². The third-order valence-electron chi connectivity index (χ3n) is 3.76. The molecule has 0 saturated heterocycles. The molecule has 0 aliphatic rings. The van der Waals surface area contributed by atoms with Gasteiger partial charge >= 0.3 is 0 Å². The van der Waals surface area contributed by atoms with Gasteiger partial charge in [0.05, 0.1) is 10.0 Å². The molecule has 0 atom stereocenters. The van der Waals surface area contributed by atoms with Gasteiger partial charge in [-0.05, 0) is 48.0 Å². The van der Waals surface area contributed by atoms with Crippen LogP contribution in [0.1, 0.15) is 11.1 Å². The number of hydrogen-bond donors (Lipinski definition) is 1. The lowest BCUT2D eigenvalue weighted by Gasteiger charge is -2.12. The van der Waals surface area contributed by atoms with E-state index in [-0.39, 0.29) is 0 Å². The second-order valence-corrected chi connectivity index (χ2v) is 7.25. The van der Waals surface area contributed by atoms with Gasteiger partial charge in [0.15, 0.2) is 0 Å². The Bertz CT molecular complexity index is 894. The normalized spacial score (nSPS) is 10.6. The molecule has 0 unspecified atom stereocenters. The van der Waals surface area contributed by atoms with Crippen LogP contribution >= 0.6 is 46.4 Å². The van der Waals surface area contributed by atoms with Crippen LogP contribution in [-0.2, 0) is 13.2 Å². The molecule has 0 aliphatic heterocycles. The van der Waals surface area contributed by atoms with E-state index in [1.54, 1.807) is 24.3 Å². The third-order valence-corrected chi connectivity index (χ3v) is 5.21. The minimum atomic E-state index is 0.308. The molecular formula is C20H15Cl4NO. The van der Waals surface area contributed by atoms with Crippen LogP contribution in [0.4, 0.5) is 5.69 Å². The quantitative estimate of drug-likeness (QED) is 0.440. The van der Waals surface area contributed by atoms with Crippen LogP contribution in [-0.4, -0.2) is 0 Å². The van der Waals surface area contributed by atoms with Gasteiger partial charge in [-0.1, -0.05) is 64.6 Å². The second-order valence-electron chi connectivity index (χ2n) is 5.62. The summed E-state index contributed by atoms with van der Waals surface area (Å²) in [5.41, 5.74) is 2.74. The molecule has 26 heavy (non-hydrogen) atoms. The molecule has 0 spiro atoms. The Morgan fingerprint density at radius 3 is 2.19 bits per heavy atom. The minimum absolute atomic E-state index is 0.308.